The third kappa shape index (κ3) is 7.34. The van der Waals surface area contributed by atoms with Crippen molar-refractivity contribution in [3.8, 4) is 0 Å². The molecule has 0 aromatic heterocycles. The van der Waals surface area contributed by atoms with Crippen LogP contribution in [0.25, 0.3) is 0 Å². The minimum Gasteiger partial charge on any atom is -0.370 e. The molecule has 2 aromatic carbocycles. The zero-order chi connectivity index (χ0) is 16.7. The summed E-state index contributed by atoms with van der Waals surface area (Å²) in [6, 6.07) is 19.8. The zero-order valence-electron chi connectivity index (χ0n) is 14.6. The predicted molar refractivity (Wildman–Crippen MR) is 110 cm³/mol. The highest BCUT2D eigenvalue weighted by Crippen LogP contribution is 2.15. The topological polar surface area (TPSA) is 58.4 Å². The molecule has 4 nitrogen and oxygen atoms in total. The molecule has 0 aliphatic heterocycles. The number of benzene rings is 2. The fourth-order valence-corrected chi connectivity index (χ4v) is 2.41. The Kier molecular flexibility index (Phi) is 10.9. The summed E-state index contributed by atoms with van der Waals surface area (Å²) in [5, 5.41) is 2.97. The summed E-state index contributed by atoms with van der Waals surface area (Å²) in [7, 11) is 2.03. The van der Waals surface area contributed by atoms with Crippen molar-refractivity contribution < 1.29 is 4.79 Å². The number of nitrogens with one attached hydrogen (secondary N) is 1. The molecule has 0 saturated heterocycles. The maximum Gasteiger partial charge on any atom is 0.221 e. The Balaban J connectivity index is 0.00000288. The van der Waals surface area contributed by atoms with Crippen LogP contribution in [0.1, 0.15) is 24.9 Å². The lowest BCUT2D eigenvalue weighted by molar-refractivity contribution is -0.121. The second-order valence-corrected chi connectivity index (χ2v) is 5.82. The largest absolute Gasteiger partial charge is 0.370 e. The van der Waals surface area contributed by atoms with Gasteiger partial charge in [-0.25, -0.2) is 0 Å². The van der Waals surface area contributed by atoms with Gasteiger partial charge in [0.2, 0.25) is 5.91 Å². The molecule has 0 aliphatic carbocycles. The third-order valence-corrected chi connectivity index (χ3v) is 4.05. The van der Waals surface area contributed by atoms with Gasteiger partial charge in [0, 0.05) is 37.8 Å². The van der Waals surface area contributed by atoms with Crippen molar-refractivity contribution in [2.24, 2.45) is 5.73 Å². The van der Waals surface area contributed by atoms with Gasteiger partial charge in [0.05, 0.1) is 0 Å². The number of hydrogen-bond donors (Lipinski definition) is 2. The van der Waals surface area contributed by atoms with Crippen molar-refractivity contribution in [1.82, 2.24) is 5.32 Å². The lowest BCUT2D eigenvalue weighted by Gasteiger charge is -2.27. The number of carbonyl (C=O) groups excluding carboxylic acids is 1. The number of hydrogen-bond acceptors (Lipinski definition) is 3. The van der Waals surface area contributed by atoms with E-state index in [1.165, 1.54) is 0 Å². The highest BCUT2D eigenvalue weighted by atomic mass is 35.5. The Morgan fingerprint density at radius 2 is 1.56 bits per heavy atom. The quantitative estimate of drug-likeness (QED) is 0.768. The van der Waals surface area contributed by atoms with Crippen molar-refractivity contribution in [2.75, 3.05) is 18.5 Å². The Morgan fingerprint density at radius 1 is 1.04 bits per heavy atom. The number of nitrogens with zero attached hydrogens (tertiary/aromatic N) is 1. The van der Waals surface area contributed by atoms with Crippen molar-refractivity contribution in [3.05, 3.63) is 66.2 Å². The van der Waals surface area contributed by atoms with Crippen molar-refractivity contribution in [3.63, 3.8) is 0 Å². The van der Waals surface area contributed by atoms with E-state index in [2.05, 4.69) is 29.3 Å². The fourth-order valence-electron chi connectivity index (χ4n) is 2.41. The Bertz CT molecular complexity index is 611. The zero-order valence-corrected chi connectivity index (χ0v) is 16.2. The first-order valence-electron chi connectivity index (χ1n) is 7.93. The fraction of sp³-hybridized carbons (Fsp3) is 0.316. The first-order valence-corrected chi connectivity index (χ1v) is 7.93. The number of likely N-dealkylation sites (N-methyl/N-ethyl adjacent to an activating group) is 1. The molecule has 1 amide bonds. The standard InChI is InChI=1S/C19H25N3O.2ClH/c1-15(22(2)17-11-7-4-8-12-17)14-21-19(23)13-18(20)16-9-5-3-6-10-16;;/h3-12,15,18H,13-14,20H2,1-2H3,(H,21,23);2*1H. The first-order chi connectivity index (χ1) is 11.1. The second-order valence-electron chi connectivity index (χ2n) is 5.82. The molecule has 0 radical (unpaired) electrons. The molecule has 0 heterocycles. The monoisotopic (exact) mass is 383 g/mol. The van der Waals surface area contributed by atoms with Gasteiger partial charge < -0.3 is 16.0 Å². The van der Waals surface area contributed by atoms with Gasteiger partial charge in [0.25, 0.3) is 0 Å². The van der Waals surface area contributed by atoms with Crippen LogP contribution in [0.2, 0.25) is 0 Å². The van der Waals surface area contributed by atoms with Crippen LogP contribution < -0.4 is 16.0 Å². The summed E-state index contributed by atoms with van der Waals surface area (Å²) in [4.78, 5) is 14.2. The lowest BCUT2D eigenvalue weighted by Crippen LogP contribution is -2.40. The van der Waals surface area contributed by atoms with Gasteiger partial charge in [0.1, 0.15) is 0 Å². The van der Waals surface area contributed by atoms with E-state index in [-0.39, 0.29) is 42.8 Å². The smallest absolute Gasteiger partial charge is 0.221 e. The number of carbonyl (C=O) groups is 1. The molecule has 2 aromatic rings. The maximum absolute atomic E-state index is 12.1. The summed E-state index contributed by atoms with van der Waals surface area (Å²) in [6.45, 7) is 2.68. The Labute approximate surface area is 162 Å². The summed E-state index contributed by atoms with van der Waals surface area (Å²) in [6.07, 6.45) is 0.297. The average molecular weight is 384 g/mol. The van der Waals surface area contributed by atoms with Crippen molar-refractivity contribution in [2.45, 2.75) is 25.4 Å². The van der Waals surface area contributed by atoms with Gasteiger partial charge in [-0.1, -0.05) is 48.5 Å². The number of amides is 1. The van der Waals surface area contributed by atoms with E-state index in [1.54, 1.807) is 0 Å². The second kappa shape index (κ2) is 11.7. The van der Waals surface area contributed by atoms with E-state index in [0.29, 0.717) is 13.0 Å². The lowest BCUT2D eigenvalue weighted by atomic mass is 10.0. The van der Waals surface area contributed by atoms with E-state index in [4.69, 9.17) is 5.73 Å². The average Bonchev–Trinajstić information content (AvgIpc) is 2.60. The SMILES string of the molecule is CC(CNC(=O)CC(N)c1ccccc1)N(C)c1ccccc1.Cl.Cl. The molecule has 138 valence electrons. The van der Waals surface area contributed by atoms with E-state index < -0.39 is 0 Å². The number of para-hydroxylation sites is 1. The molecule has 0 aliphatic rings. The highest BCUT2D eigenvalue weighted by molar-refractivity contribution is 5.85. The van der Waals surface area contributed by atoms with Crippen LogP contribution in [-0.2, 0) is 4.79 Å². The summed E-state index contributed by atoms with van der Waals surface area (Å²) >= 11 is 0. The van der Waals surface area contributed by atoms with Crippen molar-refractivity contribution >= 4 is 36.4 Å². The van der Waals surface area contributed by atoms with E-state index in [9.17, 15) is 4.79 Å². The molecular formula is C19H27Cl2N3O. The molecule has 0 fully saturated rings. The molecule has 2 rings (SSSR count). The van der Waals surface area contributed by atoms with Crippen LogP contribution in [-0.4, -0.2) is 25.5 Å². The van der Waals surface area contributed by atoms with Gasteiger partial charge in [-0.05, 0) is 24.6 Å². The molecular weight excluding hydrogens is 357 g/mol. The summed E-state index contributed by atoms with van der Waals surface area (Å²) < 4.78 is 0. The molecule has 6 heteroatoms. The van der Waals surface area contributed by atoms with Gasteiger partial charge >= 0.3 is 0 Å². The normalized spacial score (nSPS) is 12.1. The van der Waals surface area contributed by atoms with Crippen LogP contribution >= 0.6 is 24.8 Å². The van der Waals surface area contributed by atoms with Gasteiger partial charge in [-0.2, -0.15) is 0 Å². The molecule has 0 bridgehead atoms. The third-order valence-electron chi connectivity index (χ3n) is 4.05. The van der Waals surface area contributed by atoms with Crippen molar-refractivity contribution in [1.29, 1.82) is 0 Å². The van der Waals surface area contributed by atoms with Crippen LogP contribution in [0, 0.1) is 0 Å². The van der Waals surface area contributed by atoms with E-state index in [0.717, 1.165) is 11.3 Å². The number of nitrogens with two attached hydrogens (primary N) is 1. The summed E-state index contributed by atoms with van der Waals surface area (Å²) in [5.41, 5.74) is 8.20. The van der Waals surface area contributed by atoms with Gasteiger partial charge in [0.15, 0.2) is 0 Å². The maximum atomic E-state index is 12.1. The van der Waals surface area contributed by atoms with E-state index >= 15 is 0 Å². The number of anilines is 1. The Hall–Kier alpha value is -1.75. The Morgan fingerprint density at radius 3 is 2.12 bits per heavy atom. The molecule has 3 N–H and O–H groups in total. The van der Waals surface area contributed by atoms with Gasteiger partial charge in [-0.3, -0.25) is 4.79 Å². The van der Waals surface area contributed by atoms with Gasteiger partial charge in [-0.15, -0.1) is 24.8 Å². The minimum absolute atomic E-state index is 0. The molecule has 2 atom stereocenters. The van der Waals surface area contributed by atoms with Crippen LogP contribution in [0.15, 0.2) is 60.7 Å². The highest BCUT2D eigenvalue weighted by Gasteiger charge is 2.14. The van der Waals surface area contributed by atoms with E-state index in [1.807, 2.05) is 55.6 Å². The number of rotatable bonds is 7. The molecule has 0 spiro atoms. The molecule has 0 saturated carbocycles. The van der Waals surface area contributed by atoms with Crippen LogP contribution in [0.5, 0.6) is 0 Å². The molecule has 2 unspecified atom stereocenters. The first kappa shape index (κ1) is 23.2. The summed E-state index contributed by atoms with van der Waals surface area (Å²) in [5.74, 6) is -0.0188. The van der Waals surface area contributed by atoms with Crippen LogP contribution in [0.4, 0.5) is 5.69 Å². The predicted octanol–water partition coefficient (Wildman–Crippen LogP) is 3.56. The minimum atomic E-state index is -0.265. The number of halogens is 2. The molecule has 25 heavy (non-hydrogen) atoms. The van der Waals surface area contributed by atoms with Crippen LogP contribution in [0.3, 0.4) is 0 Å².